The van der Waals surface area contributed by atoms with Gasteiger partial charge in [-0.05, 0) is 0 Å². The van der Waals surface area contributed by atoms with Crippen LogP contribution in [0.5, 0.6) is 0 Å². The van der Waals surface area contributed by atoms with Crippen LogP contribution >= 0.6 is 0 Å². The molecule has 0 fully saturated rings. The van der Waals surface area contributed by atoms with E-state index in [9.17, 15) is 0 Å². The molecule has 11 heavy (non-hydrogen) atoms. The SMILES string of the molecule is NCCN.O=N[O-].O=N[O-].[Pd+2]. The predicted molar refractivity (Wildman–Crippen MR) is 36.4 cm³/mol. The summed E-state index contributed by atoms with van der Waals surface area (Å²) in [6.07, 6.45) is 0. The first-order valence-corrected chi connectivity index (χ1v) is 2.05. The minimum absolute atomic E-state index is 0. The van der Waals surface area contributed by atoms with E-state index in [1.54, 1.807) is 0 Å². The van der Waals surface area contributed by atoms with E-state index < -0.39 is 0 Å². The molecule has 0 saturated carbocycles. The molecule has 0 radical (unpaired) electrons. The number of hydrogen-bond donors (Lipinski definition) is 2. The minimum atomic E-state index is 0. The second kappa shape index (κ2) is 57.6. The summed E-state index contributed by atoms with van der Waals surface area (Å²) in [7, 11) is 0. The molecule has 0 amide bonds. The van der Waals surface area contributed by atoms with Crippen molar-refractivity contribution in [1.82, 2.24) is 0 Å². The van der Waals surface area contributed by atoms with Gasteiger partial charge in [-0.15, -0.1) is 10.7 Å². The molecule has 0 aliphatic rings. The second-order valence-corrected chi connectivity index (χ2v) is 0.726. The third kappa shape index (κ3) is 3500. The van der Waals surface area contributed by atoms with Crippen molar-refractivity contribution in [2.24, 2.45) is 22.1 Å². The molecule has 0 aliphatic heterocycles. The van der Waals surface area contributed by atoms with Crippen molar-refractivity contribution in [2.45, 2.75) is 0 Å². The van der Waals surface area contributed by atoms with Gasteiger partial charge in [0.05, 0.1) is 0 Å². The summed E-state index contributed by atoms with van der Waals surface area (Å²) < 4.78 is 0. The summed E-state index contributed by atoms with van der Waals surface area (Å²) >= 11 is 0. The molecule has 9 heteroatoms. The normalized spacial score (nSPS) is 4.91. The van der Waals surface area contributed by atoms with Gasteiger partial charge in [0.2, 0.25) is 0 Å². The molecule has 0 aromatic carbocycles. The van der Waals surface area contributed by atoms with Gasteiger partial charge in [-0.25, -0.2) is 0 Å². The standard InChI is InChI=1S/C2H8N2.2HNO2.Pd/c3-1-2-4;2*2-1-3;/h1-4H2;2*(H,2,3);/q;;;+2/p-2. The van der Waals surface area contributed by atoms with E-state index in [1.165, 1.54) is 0 Å². The van der Waals surface area contributed by atoms with Crippen LogP contribution in [0.2, 0.25) is 0 Å². The molecule has 0 aromatic heterocycles. The van der Waals surface area contributed by atoms with Gasteiger partial charge in [0, 0.05) is 13.1 Å². The summed E-state index contributed by atoms with van der Waals surface area (Å²) in [5.74, 6) is 0. The quantitative estimate of drug-likeness (QED) is 0.363. The molecule has 0 atom stereocenters. The zero-order chi connectivity index (χ0) is 8.83. The number of nitrogens with two attached hydrogens (primary N) is 2. The molecule has 0 aliphatic carbocycles. The van der Waals surface area contributed by atoms with Crippen LogP contribution in [-0.2, 0) is 20.4 Å². The van der Waals surface area contributed by atoms with Gasteiger partial charge < -0.3 is 31.7 Å². The Bertz CT molecular complexity index is 56.1. The fraction of sp³-hybridized carbons (Fsp3) is 1.00. The van der Waals surface area contributed by atoms with Gasteiger partial charge in [-0.3, -0.25) is 0 Å². The van der Waals surface area contributed by atoms with E-state index in [2.05, 4.69) is 0 Å². The molecule has 70 valence electrons. The zero-order valence-corrected chi connectivity index (χ0v) is 6.97. The average molecular weight is 259 g/mol. The Kier molecular flexibility index (Phi) is 118. The van der Waals surface area contributed by atoms with Crippen molar-refractivity contribution in [3.8, 4) is 0 Å². The Balaban J connectivity index is -0.0000000325. The van der Waals surface area contributed by atoms with E-state index >= 15 is 0 Å². The molecule has 0 spiro atoms. The van der Waals surface area contributed by atoms with Crippen molar-refractivity contribution >= 4 is 0 Å². The van der Waals surface area contributed by atoms with Crippen molar-refractivity contribution in [1.29, 1.82) is 0 Å². The monoisotopic (exact) mass is 258 g/mol. The van der Waals surface area contributed by atoms with Gasteiger partial charge in [-0.1, -0.05) is 0 Å². The Morgan fingerprint density at radius 3 is 1.09 bits per heavy atom. The van der Waals surface area contributed by atoms with Crippen LogP contribution in [0.1, 0.15) is 0 Å². The molecule has 0 rings (SSSR count). The summed E-state index contributed by atoms with van der Waals surface area (Å²) in [6.45, 7) is 1.19. The fourth-order valence-electron chi connectivity index (χ4n) is 0. The molecular formula is C2H8N4O4Pd. The Labute approximate surface area is 76.5 Å². The Morgan fingerprint density at radius 2 is 1.09 bits per heavy atom. The Hall–Kier alpha value is -0.618. The number of rotatable bonds is 1. The predicted octanol–water partition coefficient (Wildman–Crippen LogP) is -0.597. The van der Waals surface area contributed by atoms with Crippen LogP contribution in [0.4, 0.5) is 0 Å². The first-order valence-electron chi connectivity index (χ1n) is 2.05. The van der Waals surface area contributed by atoms with E-state index in [1.807, 2.05) is 0 Å². The van der Waals surface area contributed by atoms with E-state index in [0.29, 0.717) is 13.1 Å². The second-order valence-electron chi connectivity index (χ2n) is 0.726. The van der Waals surface area contributed by atoms with Crippen molar-refractivity contribution in [3.63, 3.8) is 0 Å². The molecule has 0 heterocycles. The van der Waals surface area contributed by atoms with Crippen LogP contribution < -0.4 is 11.5 Å². The van der Waals surface area contributed by atoms with Crippen LogP contribution in [0, 0.1) is 20.2 Å². The molecule has 0 unspecified atom stereocenters. The molecule has 4 N–H and O–H groups in total. The van der Waals surface area contributed by atoms with E-state index in [0.717, 1.165) is 10.7 Å². The van der Waals surface area contributed by atoms with Gasteiger partial charge in [0.15, 0.2) is 0 Å². The molecular weight excluding hydrogens is 250 g/mol. The first-order chi connectivity index (χ1) is 4.74. The van der Waals surface area contributed by atoms with Crippen molar-refractivity contribution < 1.29 is 20.4 Å². The largest absolute Gasteiger partial charge is 2.00 e. The topological polar surface area (TPSA) is 157 Å². The maximum absolute atomic E-state index is 8.00. The molecule has 8 nitrogen and oxygen atoms in total. The van der Waals surface area contributed by atoms with Gasteiger partial charge >= 0.3 is 20.4 Å². The van der Waals surface area contributed by atoms with Gasteiger partial charge in [-0.2, -0.15) is 0 Å². The van der Waals surface area contributed by atoms with Crippen molar-refractivity contribution in [3.05, 3.63) is 20.2 Å². The van der Waals surface area contributed by atoms with Crippen LogP contribution in [0.25, 0.3) is 0 Å². The van der Waals surface area contributed by atoms with Crippen LogP contribution in [-0.4, -0.2) is 13.1 Å². The maximum atomic E-state index is 8.00. The third-order valence-electron chi connectivity index (χ3n) is 0.167. The first kappa shape index (κ1) is 22.4. The maximum Gasteiger partial charge on any atom is 2.00 e. The fourth-order valence-corrected chi connectivity index (χ4v) is 0. The van der Waals surface area contributed by atoms with E-state index in [4.69, 9.17) is 31.7 Å². The number of nitrogens with zero attached hydrogens (tertiary/aromatic N) is 2. The molecule has 0 bridgehead atoms. The average Bonchev–Trinajstić information content (AvgIpc) is 1.91. The summed E-state index contributed by atoms with van der Waals surface area (Å²) in [5, 5.41) is 18.0. The summed E-state index contributed by atoms with van der Waals surface area (Å²) in [5.41, 5.74) is 9.81. The summed E-state index contributed by atoms with van der Waals surface area (Å²) in [4.78, 5) is 16.0. The Morgan fingerprint density at radius 1 is 1.00 bits per heavy atom. The van der Waals surface area contributed by atoms with E-state index in [-0.39, 0.29) is 20.4 Å². The van der Waals surface area contributed by atoms with Crippen molar-refractivity contribution in [2.75, 3.05) is 13.1 Å². The third-order valence-corrected chi connectivity index (χ3v) is 0.167. The number of hydrogen-bond acceptors (Lipinski definition) is 8. The zero-order valence-electron chi connectivity index (χ0n) is 5.41. The summed E-state index contributed by atoms with van der Waals surface area (Å²) in [6, 6.07) is 0. The molecule has 0 aromatic rings. The van der Waals surface area contributed by atoms with Gasteiger partial charge in [0.1, 0.15) is 0 Å². The molecule has 0 saturated heterocycles. The van der Waals surface area contributed by atoms with Crippen LogP contribution in [0.15, 0.2) is 10.7 Å². The smallest absolute Gasteiger partial charge is 0.444 e. The minimum Gasteiger partial charge on any atom is -0.444 e. The van der Waals surface area contributed by atoms with Gasteiger partial charge in [0.25, 0.3) is 0 Å². The van der Waals surface area contributed by atoms with Crippen LogP contribution in [0.3, 0.4) is 0 Å².